The number of likely N-dealkylation sites (tertiary alicyclic amines) is 1. The minimum atomic E-state index is 0.352. The van der Waals surface area contributed by atoms with E-state index in [1.54, 1.807) is 6.26 Å². The molecule has 19 heavy (non-hydrogen) atoms. The van der Waals surface area contributed by atoms with E-state index in [2.05, 4.69) is 16.1 Å². The molecule has 0 aromatic carbocycles. The average molecular weight is 260 g/mol. The second kappa shape index (κ2) is 5.61. The molecular weight excluding hydrogens is 240 g/mol. The van der Waals surface area contributed by atoms with Crippen LogP contribution in [0.2, 0.25) is 0 Å². The van der Waals surface area contributed by atoms with Gasteiger partial charge in [-0.1, -0.05) is 18.0 Å². The summed E-state index contributed by atoms with van der Waals surface area (Å²) in [5, 5.41) is 4.21. The first-order chi connectivity index (χ1) is 9.33. The Morgan fingerprint density at radius 2 is 2.32 bits per heavy atom. The van der Waals surface area contributed by atoms with Gasteiger partial charge in [0.2, 0.25) is 0 Å². The first kappa shape index (κ1) is 12.5. The van der Waals surface area contributed by atoms with Crippen molar-refractivity contribution in [1.29, 1.82) is 0 Å². The molecule has 3 heterocycles. The molecule has 0 radical (unpaired) electrons. The first-order valence-corrected chi connectivity index (χ1v) is 7.02. The predicted octanol–water partition coefficient (Wildman–Crippen LogP) is 3.69. The van der Waals surface area contributed by atoms with Crippen LogP contribution < -0.4 is 0 Å². The van der Waals surface area contributed by atoms with E-state index in [-0.39, 0.29) is 0 Å². The molecule has 1 saturated heterocycles. The highest BCUT2D eigenvalue weighted by Crippen LogP contribution is 2.31. The molecule has 0 N–H and O–H groups in total. The van der Waals surface area contributed by atoms with Crippen LogP contribution in [0.3, 0.4) is 0 Å². The van der Waals surface area contributed by atoms with Crippen LogP contribution in [0.4, 0.5) is 0 Å². The highest BCUT2D eigenvalue weighted by Gasteiger charge is 2.25. The lowest BCUT2D eigenvalue weighted by Crippen LogP contribution is -2.28. The molecule has 2 aromatic rings. The zero-order valence-corrected chi connectivity index (χ0v) is 11.3. The van der Waals surface area contributed by atoms with Crippen molar-refractivity contribution in [3.63, 3.8) is 0 Å². The van der Waals surface area contributed by atoms with Gasteiger partial charge < -0.3 is 8.94 Å². The summed E-state index contributed by atoms with van der Waals surface area (Å²) in [6.07, 6.45) is 6.68. The third-order valence-electron chi connectivity index (χ3n) is 3.79. The monoisotopic (exact) mass is 260 g/mol. The second-order valence-corrected chi connectivity index (χ2v) is 5.28. The molecule has 0 aliphatic carbocycles. The Hall–Kier alpha value is -1.55. The summed E-state index contributed by atoms with van der Waals surface area (Å²) in [6, 6.07) is 6.40. The third kappa shape index (κ3) is 2.89. The molecule has 1 aliphatic heterocycles. The summed E-state index contributed by atoms with van der Waals surface area (Å²) in [6.45, 7) is 3.89. The van der Waals surface area contributed by atoms with Gasteiger partial charge in [0.15, 0.2) is 0 Å². The number of rotatable bonds is 3. The lowest BCUT2D eigenvalue weighted by Gasteiger charge is -2.27. The molecule has 2 aromatic heterocycles. The SMILES string of the molecule is Cc1cc([C@@H]2CCCCCN2Cc2ccco2)no1. The summed E-state index contributed by atoms with van der Waals surface area (Å²) in [4.78, 5) is 2.46. The molecule has 102 valence electrons. The summed E-state index contributed by atoms with van der Waals surface area (Å²) in [7, 11) is 0. The van der Waals surface area contributed by atoms with E-state index >= 15 is 0 Å². The molecule has 4 nitrogen and oxygen atoms in total. The van der Waals surface area contributed by atoms with Crippen molar-refractivity contribution in [2.24, 2.45) is 0 Å². The Bertz CT molecular complexity index is 504. The van der Waals surface area contributed by atoms with E-state index < -0.39 is 0 Å². The van der Waals surface area contributed by atoms with Gasteiger partial charge in [0.1, 0.15) is 17.2 Å². The van der Waals surface area contributed by atoms with Gasteiger partial charge >= 0.3 is 0 Å². The van der Waals surface area contributed by atoms with Crippen molar-refractivity contribution in [2.75, 3.05) is 6.54 Å². The number of hydrogen-bond acceptors (Lipinski definition) is 4. The van der Waals surface area contributed by atoms with Gasteiger partial charge in [0, 0.05) is 6.07 Å². The van der Waals surface area contributed by atoms with Gasteiger partial charge in [0.05, 0.1) is 18.8 Å². The predicted molar refractivity (Wildman–Crippen MR) is 71.6 cm³/mol. The standard InChI is InChI=1S/C15H20N2O2/c1-12-10-14(16-19-12)15-7-3-2-4-8-17(15)11-13-6-5-9-18-13/h5-6,9-10,15H,2-4,7-8,11H2,1H3/t15-/m0/s1. The van der Waals surface area contributed by atoms with E-state index in [4.69, 9.17) is 8.94 Å². The minimum Gasteiger partial charge on any atom is -0.468 e. The van der Waals surface area contributed by atoms with E-state index in [0.29, 0.717) is 6.04 Å². The largest absolute Gasteiger partial charge is 0.468 e. The fourth-order valence-electron chi connectivity index (χ4n) is 2.84. The van der Waals surface area contributed by atoms with Crippen molar-refractivity contribution >= 4 is 0 Å². The van der Waals surface area contributed by atoms with Crippen LogP contribution in [0.15, 0.2) is 33.4 Å². The highest BCUT2D eigenvalue weighted by atomic mass is 16.5. The maximum absolute atomic E-state index is 5.48. The van der Waals surface area contributed by atoms with Crippen molar-refractivity contribution in [3.05, 3.63) is 41.7 Å². The van der Waals surface area contributed by atoms with E-state index in [1.807, 2.05) is 19.1 Å². The number of aryl methyl sites for hydroxylation is 1. The smallest absolute Gasteiger partial charge is 0.133 e. The second-order valence-electron chi connectivity index (χ2n) is 5.28. The fraction of sp³-hybridized carbons (Fsp3) is 0.533. The van der Waals surface area contributed by atoms with Crippen molar-refractivity contribution < 1.29 is 8.94 Å². The Labute approximate surface area is 113 Å². The van der Waals surface area contributed by atoms with Gasteiger partial charge in [-0.05, 0) is 38.4 Å². The van der Waals surface area contributed by atoms with Crippen molar-refractivity contribution in [1.82, 2.24) is 10.1 Å². The van der Waals surface area contributed by atoms with Crippen LogP contribution in [0.5, 0.6) is 0 Å². The minimum absolute atomic E-state index is 0.352. The Kier molecular flexibility index (Phi) is 3.69. The number of furan rings is 1. The summed E-state index contributed by atoms with van der Waals surface area (Å²) >= 11 is 0. The summed E-state index contributed by atoms with van der Waals surface area (Å²) in [5.74, 6) is 1.91. The molecule has 3 rings (SSSR count). The molecule has 0 amide bonds. The van der Waals surface area contributed by atoms with Crippen molar-refractivity contribution in [3.8, 4) is 0 Å². The van der Waals surface area contributed by atoms with Crippen LogP contribution in [0.25, 0.3) is 0 Å². The Balaban J connectivity index is 1.80. The normalized spacial score (nSPS) is 21.4. The fourth-order valence-corrected chi connectivity index (χ4v) is 2.84. The van der Waals surface area contributed by atoms with Crippen LogP contribution in [-0.2, 0) is 6.54 Å². The maximum Gasteiger partial charge on any atom is 0.133 e. The zero-order chi connectivity index (χ0) is 13.1. The van der Waals surface area contributed by atoms with Crippen LogP contribution >= 0.6 is 0 Å². The lowest BCUT2D eigenvalue weighted by atomic mass is 10.1. The lowest BCUT2D eigenvalue weighted by molar-refractivity contribution is 0.170. The van der Waals surface area contributed by atoms with E-state index in [0.717, 1.165) is 36.7 Å². The van der Waals surface area contributed by atoms with Gasteiger partial charge in [-0.15, -0.1) is 0 Å². The van der Waals surface area contributed by atoms with Crippen LogP contribution in [0, 0.1) is 6.92 Å². The Morgan fingerprint density at radius 1 is 1.37 bits per heavy atom. The summed E-state index contributed by atoms with van der Waals surface area (Å²) < 4.78 is 10.7. The molecule has 1 atom stereocenters. The van der Waals surface area contributed by atoms with E-state index in [9.17, 15) is 0 Å². The number of hydrogen-bond donors (Lipinski definition) is 0. The molecule has 0 saturated carbocycles. The molecular formula is C15H20N2O2. The average Bonchev–Trinajstić information content (AvgIpc) is 2.99. The molecule has 1 aliphatic rings. The molecule has 4 heteroatoms. The molecule has 1 fully saturated rings. The zero-order valence-electron chi connectivity index (χ0n) is 11.3. The molecule has 0 bridgehead atoms. The van der Waals surface area contributed by atoms with Crippen LogP contribution in [-0.4, -0.2) is 16.6 Å². The molecule has 0 unspecified atom stereocenters. The van der Waals surface area contributed by atoms with Gasteiger partial charge in [-0.25, -0.2) is 0 Å². The maximum atomic E-state index is 5.48. The van der Waals surface area contributed by atoms with E-state index in [1.165, 1.54) is 19.3 Å². The third-order valence-corrected chi connectivity index (χ3v) is 3.79. The highest BCUT2D eigenvalue weighted by molar-refractivity contribution is 5.10. The first-order valence-electron chi connectivity index (χ1n) is 7.02. The quantitative estimate of drug-likeness (QED) is 0.844. The number of nitrogens with zero attached hydrogens (tertiary/aromatic N) is 2. The topological polar surface area (TPSA) is 42.4 Å². The van der Waals surface area contributed by atoms with Gasteiger partial charge in [-0.2, -0.15) is 0 Å². The van der Waals surface area contributed by atoms with Gasteiger partial charge in [0.25, 0.3) is 0 Å². The van der Waals surface area contributed by atoms with Crippen LogP contribution in [0.1, 0.15) is 48.9 Å². The summed E-state index contributed by atoms with van der Waals surface area (Å²) in [5.41, 5.74) is 1.06. The number of aromatic nitrogens is 1. The molecule has 0 spiro atoms. The van der Waals surface area contributed by atoms with Gasteiger partial charge in [-0.3, -0.25) is 4.90 Å². The Morgan fingerprint density at radius 3 is 3.05 bits per heavy atom. The van der Waals surface area contributed by atoms with Crippen molar-refractivity contribution in [2.45, 2.75) is 45.2 Å².